The van der Waals surface area contributed by atoms with Crippen LogP contribution in [0.1, 0.15) is 13.3 Å². The third-order valence-electron chi connectivity index (χ3n) is 0.610. The van der Waals surface area contributed by atoms with E-state index in [0.29, 0.717) is 0 Å². The van der Waals surface area contributed by atoms with Crippen LogP contribution in [0.5, 0.6) is 0 Å². The molecule has 1 N–H and O–H groups in total. The highest BCUT2D eigenvalue weighted by Crippen LogP contribution is 1.66. The topological polar surface area (TPSA) is 24.4 Å². The lowest BCUT2D eigenvalue weighted by molar-refractivity contribution is 0.542. The molecule has 0 heterocycles. The number of halogens is 1. The Balaban J connectivity index is 3.04. The molecule has 0 saturated heterocycles. The standard InChI is InChI=1S/C5H9FN2/c1-2-3-7-4-5-8-6/h4,7H,2-3H2,1H3. The molecule has 0 bridgehead atoms. The van der Waals surface area contributed by atoms with E-state index < -0.39 is 0 Å². The highest BCUT2D eigenvalue weighted by molar-refractivity contribution is 5.49. The van der Waals surface area contributed by atoms with Crippen molar-refractivity contribution in [2.24, 2.45) is 5.21 Å². The van der Waals surface area contributed by atoms with Crippen LogP contribution >= 0.6 is 0 Å². The van der Waals surface area contributed by atoms with E-state index >= 15 is 0 Å². The van der Waals surface area contributed by atoms with Gasteiger partial charge in [-0.2, -0.15) is 0 Å². The summed E-state index contributed by atoms with van der Waals surface area (Å²) < 4.78 is 10.9. The summed E-state index contributed by atoms with van der Waals surface area (Å²) in [6.07, 6.45) is 2.37. The number of hydrogen-bond acceptors (Lipinski definition) is 2. The Morgan fingerprint density at radius 3 is 3.12 bits per heavy atom. The van der Waals surface area contributed by atoms with Crippen LogP contribution in [0.3, 0.4) is 0 Å². The minimum atomic E-state index is 0.836. The Kier molecular flexibility index (Phi) is 5.55. The molecule has 0 atom stereocenters. The first-order valence-electron chi connectivity index (χ1n) is 2.53. The lowest BCUT2D eigenvalue weighted by Gasteiger charge is -1.88. The molecule has 0 fully saturated rings. The van der Waals surface area contributed by atoms with Crippen LogP contribution in [0.2, 0.25) is 0 Å². The summed E-state index contributed by atoms with van der Waals surface area (Å²) in [6.45, 7) is 2.86. The largest absolute Gasteiger partial charge is 0.383 e. The molecule has 0 aromatic heterocycles. The average molecular weight is 116 g/mol. The summed E-state index contributed by atoms with van der Waals surface area (Å²) in [6, 6.07) is 0. The molecule has 0 aliphatic heterocycles. The van der Waals surface area contributed by atoms with Gasteiger partial charge in [-0.25, -0.2) is 0 Å². The van der Waals surface area contributed by atoms with Crippen molar-refractivity contribution in [1.82, 2.24) is 5.32 Å². The molecule has 0 aromatic rings. The molecule has 0 amide bonds. The third kappa shape index (κ3) is 5.18. The van der Waals surface area contributed by atoms with E-state index in [2.05, 4.69) is 10.5 Å². The molecule has 0 unspecified atom stereocenters. The van der Waals surface area contributed by atoms with Crippen molar-refractivity contribution in [3.05, 3.63) is 6.20 Å². The molecule has 0 aliphatic carbocycles. The van der Waals surface area contributed by atoms with Crippen LogP contribution in [0.25, 0.3) is 0 Å². The van der Waals surface area contributed by atoms with E-state index in [-0.39, 0.29) is 0 Å². The van der Waals surface area contributed by atoms with Crippen molar-refractivity contribution >= 4 is 5.87 Å². The number of nitrogens with one attached hydrogen (secondary N) is 1. The van der Waals surface area contributed by atoms with Crippen LogP contribution in [0, 0.1) is 0 Å². The zero-order chi connectivity index (χ0) is 6.24. The van der Waals surface area contributed by atoms with Gasteiger partial charge in [-0.1, -0.05) is 11.4 Å². The number of rotatable bonds is 3. The summed E-state index contributed by atoms with van der Waals surface area (Å²) in [5.74, 6) is 2.01. The van der Waals surface area contributed by atoms with E-state index in [0.717, 1.165) is 13.0 Å². The van der Waals surface area contributed by atoms with Gasteiger partial charge in [0, 0.05) is 12.4 Å². The minimum absolute atomic E-state index is 0.836. The Morgan fingerprint density at radius 1 is 1.88 bits per heavy atom. The maximum absolute atomic E-state index is 10.9. The summed E-state index contributed by atoms with van der Waals surface area (Å²) in [4.78, 5) is 0. The van der Waals surface area contributed by atoms with Gasteiger partial charge in [0.1, 0.15) is 0 Å². The predicted octanol–water partition coefficient (Wildman–Crippen LogP) is 1.05. The fourth-order valence-corrected chi connectivity index (χ4v) is 0.287. The predicted molar refractivity (Wildman–Crippen MR) is 31.4 cm³/mol. The van der Waals surface area contributed by atoms with Gasteiger partial charge in [-0.05, 0) is 11.6 Å². The first kappa shape index (κ1) is 7.18. The van der Waals surface area contributed by atoms with E-state index in [9.17, 15) is 4.48 Å². The number of hydrogen-bond donors (Lipinski definition) is 1. The van der Waals surface area contributed by atoms with E-state index in [1.54, 1.807) is 0 Å². The second kappa shape index (κ2) is 6.18. The molecular weight excluding hydrogens is 107 g/mol. The van der Waals surface area contributed by atoms with Crippen molar-refractivity contribution in [2.45, 2.75) is 13.3 Å². The molecule has 3 heteroatoms. The SMILES string of the molecule is CCCNC=C=NF. The summed E-state index contributed by atoms with van der Waals surface area (Å²) >= 11 is 0. The fraction of sp³-hybridized carbons (Fsp3) is 0.600. The fourth-order valence-electron chi connectivity index (χ4n) is 0.287. The van der Waals surface area contributed by atoms with E-state index in [1.165, 1.54) is 6.20 Å². The smallest absolute Gasteiger partial charge is 0.0622 e. The van der Waals surface area contributed by atoms with E-state index in [1.807, 2.05) is 12.8 Å². The molecule has 0 saturated carbocycles. The van der Waals surface area contributed by atoms with Crippen molar-refractivity contribution in [2.75, 3.05) is 6.54 Å². The second-order valence-electron chi connectivity index (χ2n) is 1.31. The number of nitrogens with zero attached hydrogens (tertiary/aromatic N) is 1. The van der Waals surface area contributed by atoms with Crippen molar-refractivity contribution in [1.29, 1.82) is 0 Å². The van der Waals surface area contributed by atoms with Gasteiger partial charge in [0.05, 0.1) is 6.20 Å². The van der Waals surface area contributed by atoms with Gasteiger partial charge in [0.2, 0.25) is 0 Å². The van der Waals surface area contributed by atoms with Crippen molar-refractivity contribution in [3.63, 3.8) is 0 Å². The lowest BCUT2D eigenvalue weighted by atomic mass is 10.5. The molecule has 0 radical (unpaired) electrons. The quantitative estimate of drug-likeness (QED) is 0.432. The van der Waals surface area contributed by atoms with Crippen LogP contribution in [-0.4, -0.2) is 12.4 Å². The zero-order valence-corrected chi connectivity index (χ0v) is 4.82. The minimum Gasteiger partial charge on any atom is -0.383 e. The normalized spacial score (nSPS) is 7.25. The summed E-state index contributed by atoms with van der Waals surface area (Å²) in [5.41, 5.74) is 0. The maximum Gasteiger partial charge on any atom is 0.0622 e. The Bertz CT molecular complexity index is 94.6. The van der Waals surface area contributed by atoms with Crippen molar-refractivity contribution < 1.29 is 4.48 Å². The third-order valence-corrected chi connectivity index (χ3v) is 0.610. The van der Waals surface area contributed by atoms with Crippen LogP contribution < -0.4 is 5.32 Å². The molecule has 0 rings (SSSR count). The lowest BCUT2D eigenvalue weighted by Crippen LogP contribution is -2.04. The average Bonchev–Trinajstić information content (AvgIpc) is 1.81. The van der Waals surface area contributed by atoms with Crippen molar-refractivity contribution in [3.8, 4) is 0 Å². The molecule has 0 aliphatic rings. The molecule has 2 nitrogen and oxygen atoms in total. The maximum atomic E-state index is 10.9. The Labute approximate surface area is 48.1 Å². The molecular formula is C5H9FN2. The first-order valence-corrected chi connectivity index (χ1v) is 2.53. The van der Waals surface area contributed by atoms with Gasteiger partial charge in [-0.3, -0.25) is 0 Å². The highest BCUT2D eigenvalue weighted by Gasteiger charge is 1.69. The van der Waals surface area contributed by atoms with Gasteiger partial charge >= 0.3 is 0 Å². The Hall–Kier alpha value is -0.820. The van der Waals surface area contributed by atoms with Gasteiger partial charge < -0.3 is 5.32 Å². The van der Waals surface area contributed by atoms with E-state index in [4.69, 9.17) is 0 Å². The van der Waals surface area contributed by atoms with Gasteiger partial charge in [0.15, 0.2) is 0 Å². The summed E-state index contributed by atoms with van der Waals surface area (Å²) in [5, 5.41) is 4.91. The highest BCUT2D eigenvalue weighted by atomic mass is 19.2. The Morgan fingerprint density at radius 2 is 2.62 bits per heavy atom. The molecule has 8 heavy (non-hydrogen) atoms. The zero-order valence-electron chi connectivity index (χ0n) is 4.82. The second-order valence-corrected chi connectivity index (χ2v) is 1.31. The van der Waals surface area contributed by atoms with Crippen LogP contribution in [0.4, 0.5) is 4.48 Å². The molecule has 0 aromatic carbocycles. The molecule has 46 valence electrons. The van der Waals surface area contributed by atoms with Gasteiger partial charge in [-0.15, -0.1) is 0 Å². The summed E-state index contributed by atoms with van der Waals surface area (Å²) in [7, 11) is 0. The first-order chi connectivity index (χ1) is 3.91. The van der Waals surface area contributed by atoms with Crippen LogP contribution in [0.15, 0.2) is 11.4 Å². The monoisotopic (exact) mass is 116 g/mol. The van der Waals surface area contributed by atoms with Crippen LogP contribution in [-0.2, 0) is 0 Å². The van der Waals surface area contributed by atoms with Gasteiger partial charge in [0.25, 0.3) is 0 Å². The molecule has 0 spiro atoms.